The Kier molecular flexibility index (Phi) is 29.5. The number of aromatic nitrogens is 6. The lowest BCUT2D eigenvalue weighted by molar-refractivity contribution is -0.154. The van der Waals surface area contributed by atoms with Crippen LogP contribution in [-0.4, -0.2) is 156 Å². The second-order valence-corrected chi connectivity index (χ2v) is 22.0. The zero-order chi connectivity index (χ0) is 59.3. The summed E-state index contributed by atoms with van der Waals surface area (Å²) in [6.45, 7) is 23.5. The smallest absolute Gasteiger partial charge is 0.368 e. The van der Waals surface area contributed by atoms with Crippen molar-refractivity contribution in [1.82, 2.24) is 29.3 Å². The van der Waals surface area contributed by atoms with Gasteiger partial charge in [0.05, 0.1) is 14.2 Å². The molecule has 3 heterocycles. The maximum Gasteiger partial charge on any atom is 0.368 e. The molecule has 3 N–H and O–H groups in total. The number of nitrogens with one attached hydrogen (secondary N) is 3. The van der Waals surface area contributed by atoms with Crippen molar-refractivity contribution >= 4 is 48.6 Å². The summed E-state index contributed by atoms with van der Waals surface area (Å²) in [4.78, 5) is 47.5. The molecule has 0 aromatic carbocycles. The van der Waals surface area contributed by atoms with Crippen LogP contribution < -0.4 is 16.0 Å². The zero-order valence-corrected chi connectivity index (χ0v) is 50.6. The molecular weight excluding hydrogens is 1010 g/mol. The summed E-state index contributed by atoms with van der Waals surface area (Å²) in [7, 11) is 17.1. The predicted octanol–water partition coefficient (Wildman–Crippen LogP) is 6.70. The van der Waals surface area contributed by atoms with E-state index >= 15 is 0 Å². The average Bonchev–Trinajstić information content (AvgIpc) is 4.03. The van der Waals surface area contributed by atoms with E-state index in [2.05, 4.69) is 82.3 Å². The second-order valence-electron chi connectivity index (χ2n) is 19.7. The van der Waals surface area contributed by atoms with Crippen LogP contribution >= 0.6 is 7.60 Å². The maximum absolute atomic E-state index is 12.4. The van der Waals surface area contributed by atoms with Gasteiger partial charge in [0.1, 0.15) is 0 Å². The molecule has 76 heavy (non-hydrogen) atoms. The molecule has 0 fully saturated rings. The first kappa shape index (κ1) is 70.7. The SMILES string of the molecule is CO/C(C(=O)Nc1cc(C(C)(C)C)n(C)n1)=C(/C)C(OC)OC.CO/C(C(=O)Nc1cc(C(C)(C)C)n(C)n1)=C(\C)C(OC)OC.COC(C(=O)Nc1cc(C(C)(C)C)n(C)n1)P(=O)(OC)OC.COC(OC)C(C)=O. The van der Waals surface area contributed by atoms with Gasteiger partial charge in [-0.05, 0) is 20.8 Å². The van der Waals surface area contributed by atoms with Crippen LogP contribution in [0.15, 0.2) is 40.9 Å². The summed E-state index contributed by atoms with van der Waals surface area (Å²) in [5, 5.41) is 20.9. The quantitative estimate of drug-likeness (QED) is 0.0433. The highest BCUT2D eigenvalue weighted by molar-refractivity contribution is 7.55. The standard InChI is InChI=1S/2C16H27N3O4.C13H24N3O5P.C5H10O3/c2*1-10(15(22-7)23-8)13(21-6)14(20)17-12-9-11(16(2,3)4)19(5)18-12;1-13(2,3)9-8-10(15-16(9)4)14-11(17)12(19-5)22(18,20-6)21-7;1-4(6)5(7-2)8-3/h2*9,15H,1-8H3,(H,17,18,20);8,12H,1-7H3,(H,14,15,17);5H,1-3H3/b13-10+;13-10-;;. The first-order chi connectivity index (χ1) is 35.1. The third-order valence-electron chi connectivity index (χ3n) is 10.8. The Morgan fingerprint density at radius 1 is 0.474 bits per heavy atom. The van der Waals surface area contributed by atoms with Crippen LogP contribution in [0.25, 0.3) is 0 Å². The monoisotopic (exact) mass is 1100 g/mol. The van der Waals surface area contributed by atoms with Gasteiger partial charge in [-0.15, -0.1) is 0 Å². The number of aryl methyl sites for hydroxylation is 3. The van der Waals surface area contributed by atoms with Crippen molar-refractivity contribution in [3.05, 3.63) is 57.9 Å². The van der Waals surface area contributed by atoms with Crippen molar-refractivity contribution in [2.24, 2.45) is 21.1 Å². The lowest BCUT2D eigenvalue weighted by atomic mass is 9.92. The molecule has 1 unspecified atom stereocenters. The zero-order valence-electron chi connectivity index (χ0n) is 49.7. The summed E-state index contributed by atoms with van der Waals surface area (Å²) < 4.78 is 72.3. The molecule has 3 aromatic rings. The molecule has 0 radical (unpaired) electrons. The number of hydrogen-bond acceptors (Lipinski definition) is 19. The van der Waals surface area contributed by atoms with Gasteiger partial charge in [0.15, 0.2) is 47.3 Å². The summed E-state index contributed by atoms with van der Waals surface area (Å²) in [5.74, 6) is -1.37. The first-order valence-corrected chi connectivity index (χ1v) is 25.2. The van der Waals surface area contributed by atoms with Crippen LogP contribution in [0.4, 0.5) is 17.5 Å². The molecule has 0 aliphatic heterocycles. The highest BCUT2D eigenvalue weighted by Crippen LogP contribution is 2.52. The number of methoxy groups -OCH3 is 9. The number of carbonyl (C=O) groups is 4. The maximum atomic E-state index is 12.4. The van der Waals surface area contributed by atoms with Crippen LogP contribution in [-0.2, 0) is 113 Å². The van der Waals surface area contributed by atoms with Crippen molar-refractivity contribution in [2.45, 2.75) is 124 Å². The van der Waals surface area contributed by atoms with Gasteiger partial charge in [-0.1, -0.05) is 62.3 Å². The van der Waals surface area contributed by atoms with Crippen molar-refractivity contribution in [2.75, 3.05) is 94.2 Å². The molecule has 0 saturated heterocycles. The Bertz CT molecular complexity index is 2320. The number of Topliss-reactive ketones (excluding diaryl/α,β-unsaturated/α-hetero) is 1. The summed E-state index contributed by atoms with van der Waals surface area (Å²) in [6.07, 6.45) is -1.98. The lowest BCUT2D eigenvalue weighted by Gasteiger charge is -2.21. The van der Waals surface area contributed by atoms with E-state index in [1.54, 1.807) is 41.0 Å². The predicted molar refractivity (Wildman–Crippen MR) is 288 cm³/mol. The molecule has 3 aromatic heterocycles. The molecule has 3 rings (SSSR count). The van der Waals surface area contributed by atoms with E-state index in [0.29, 0.717) is 28.6 Å². The van der Waals surface area contributed by atoms with Crippen molar-refractivity contribution in [1.29, 1.82) is 0 Å². The van der Waals surface area contributed by atoms with Gasteiger partial charge in [0.25, 0.3) is 17.7 Å². The number of rotatable bonds is 21. The minimum atomic E-state index is -3.69. The molecule has 0 aliphatic carbocycles. The minimum absolute atomic E-state index is 0.0717. The average molecular weight is 1100 g/mol. The van der Waals surface area contributed by atoms with E-state index in [0.717, 1.165) is 17.1 Å². The van der Waals surface area contributed by atoms with Gasteiger partial charge in [-0.2, -0.15) is 15.3 Å². The van der Waals surface area contributed by atoms with Crippen LogP contribution in [0, 0.1) is 0 Å². The number of amides is 3. The van der Waals surface area contributed by atoms with E-state index in [9.17, 15) is 23.7 Å². The molecule has 0 bridgehead atoms. The van der Waals surface area contributed by atoms with Gasteiger partial charge >= 0.3 is 7.60 Å². The number of hydrogen-bond donors (Lipinski definition) is 3. The van der Waals surface area contributed by atoms with E-state index in [4.69, 9.17) is 42.2 Å². The van der Waals surface area contributed by atoms with Crippen molar-refractivity contribution in [3.63, 3.8) is 0 Å². The van der Waals surface area contributed by atoms with Gasteiger partial charge in [-0.3, -0.25) is 37.8 Å². The molecule has 1 atom stereocenters. The molecule has 25 nitrogen and oxygen atoms in total. The van der Waals surface area contributed by atoms with Crippen LogP contribution in [0.1, 0.15) is 100 Å². The van der Waals surface area contributed by atoms with Crippen LogP contribution in [0.2, 0.25) is 0 Å². The van der Waals surface area contributed by atoms with Crippen LogP contribution in [0.3, 0.4) is 0 Å². The number of ether oxygens (including phenoxy) is 9. The topological polar surface area (TPSA) is 276 Å². The Labute approximate surface area is 449 Å². The molecule has 0 spiro atoms. The van der Waals surface area contributed by atoms with E-state index in [-0.39, 0.29) is 33.5 Å². The number of nitrogens with zero attached hydrogens (tertiary/aromatic N) is 6. The van der Waals surface area contributed by atoms with Gasteiger partial charge in [-0.25, -0.2) is 0 Å². The summed E-state index contributed by atoms with van der Waals surface area (Å²) >= 11 is 0. The highest BCUT2D eigenvalue weighted by atomic mass is 31.2. The molecule has 0 aliphatic rings. The van der Waals surface area contributed by atoms with Gasteiger partial charge < -0.3 is 67.6 Å². The first-order valence-electron chi connectivity index (χ1n) is 23.6. The fourth-order valence-electron chi connectivity index (χ4n) is 7.28. The van der Waals surface area contributed by atoms with Crippen molar-refractivity contribution < 1.29 is 75.4 Å². The Balaban J connectivity index is 0.00000103. The third-order valence-corrected chi connectivity index (χ3v) is 12.8. The third kappa shape index (κ3) is 20.9. The fraction of sp³-hybridized carbons (Fsp3) is 0.660. The lowest BCUT2D eigenvalue weighted by Crippen LogP contribution is -2.30. The van der Waals surface area contributed by atoms with E-state index < -0.39 is 50.0 Å². The Morgan fingerprint density at radius 3 is 0.934 bits per heavy atom. The molecule has 3 amide bonds. The van der Waals surface area contributed by atoms with Gasteiger partial charge in [0, 0.05) is 148 Å². The van der Waals surface area contributed by atoms with E-state index in [1.807, 2.05) is 47.0 Å². The normalized spacial score (nSPS) is 13.0. The largest absolute Gasteiger partial charge is 0.491 e. The number of anilines is 3. The summed E-state index contributed by atoms with van der Waals surface area (Å²) in [6, 6.07) is 5.46. The second kappa shape index (κ2) is 31.8. The van der Waals surface area contributed by atoms with Crippen LogP contribution in [0.5, 0.6) is 0 Å². The Hall–Kier alpha value is -5.34. The van der Waals surface area contributed by atoms with Gasteiger partial charge in [0.2, 0.25) is 12.1 Å². The molecule has 434 valence electrons. The molecule has 0 saturated carbocycles. The molecular formula is C50H88N9O16P. The number of carbonyl (C=O) groups excluding carboxylic acids is 4. The minimum Gasteiger partial charge on any atom is -0.491 e. The fourth-order valence-corrected chi connectivity index (χ4v) is 8.42. The molecule has 26 heteroatoms. The highest BCUT2D eigenvalue weighted by Gasteiger charge is 2.41. The number of ketones is 1. The Morgan fingerprint density at radius 2 is 0.750 bits per heavy atom. The van der Waals surface area contributed by atoms with E-state index in [1.165, 1.54) is 85.1 Å². The van der Waals surface area contributed by atoms with Crippen molar-refractivity contribution in [3.8, 4) is 0 Å². The summed E-state index contributed by atoms with van der Waals surface area (Å²) in [5.41, 5.74) is 3.79.